The summed E-state index contributed by atoms with van der Waals surface area (Å²) in [6, 6.07) is 15.2. The summed E-state index contributed by atoms with van der Waals surface area (Å²) in [5, 5.41) is 3.66. The van der Waals surface area contributed by atoms with Crippen LogP contribution < -0.4 is 9.62 Å². The van der Waals surface area contributed by atoms with Crippen LogP contribution in [-0.4, -0.2) is 21.5 Å². The van der Waals surface area contributed by atoms with Gasteiger partial charge in [0.2, 0.25) is 0 Å². The first-order valence-electron chi connectivity index (χ1n) is 10.5. The van der Waals surface area contributed by atoms with Crippen molar-refractivity contribution < 1.29 is 8.42 Å². The lowest BCUT2D eigenvalue weighted by molar-refractivity contribution is 0.539. The molecule has 0 saturated heterocycles. The van der Waals surface area contributed by atoms with Crippen LogP contribution in [0.25, 0.3) is 0 Å². The fraction of sp³-hybridized carbons (Fsp3) is 0.478. The largest absolute Gasteiger partial charge is 0.306 e. The smallest absolute Gasteiger partial charge is 0.264 e. The van der Waals surface area contributed by atoms with Gasteiger partial charge in [0, 0.05) is 6.54 Å². The molecule has 0 spiro atoms. The van der Waals surface area contributed by atoms with Crippen LogP contribution in [0.15, 0.2) is 53.4 Å². The number of unbranched alkanes of at least 4 members (excludes halogenated alkanes) is 5. The van der Waals surface area contributed by atoms with Gasteiger partial charge < -0.3 is 5.32 Å². The third kappa shape index (κ3) is 4.26. The first-order chi connectivity index (χ1) is 13.6. The van der Waals surface area contributed by atoms with Gasteiger partial charge in [0.05, 0.1) is 16.6 Å². The SMILES string of the molecule is CCCCCCCCNC1c2ccccc2N(CC)S(=O)(=O)c2ccccc21. The summed E-state index contributed by atoms with van der Waals surface area (Å²) < 4.78 is 28.2. The van der Waals surface area contributed by atoms with E-state index < -0.39 is 10.0 Å². The molecule has 0 radical (unpaired) electrons. The Morgan fingerprint density at radius 2 is 1.50 bits per heavy atom. The van der Waals surface area contributed by atoms with Crippen LogP contribution in [0.3, 0.4) is 0 Å². The molecule has 1 unspecified atom stereocenters. The van der Waals surface area contributed by atoms with Crippen molar-refractivity contribution in [1.82, 2.24) is 5.32 Å². The zero-order chi connectivity index (χ0) is 20.0. The Balaban J connectivity index is 1.89. The molecule has 0 saturated carbocycles. The summed E-state index contributed by atoms with van der Waals surface area (Å²) in [5.74, 6) is 0. The van der Waals surface area contributed by atoms with Crippen molar-refractivity contribution in [1.29, 1.82) is 0 Å². The summed E-state index contributed by atoms with van der Waals surface area (Å²) in [6.07, 6.45) is 7.45. The molecule has 4 nitrogen and oxygen atoms in total. The summed E-state index contributed by atoms with van der Waals surface area (Å²) in [7, 11) is -3.57. The number of hydrogen-bond donors (Lipinski definition) is 1. The minimum atomic E-state index is -3.57. The number of para-hydroxylation sites is 1. The fourth-order valence-electron chi connectivity index (χ4n) is 4.04. The predicted molar refractivity (Wildman–Crippen MR) is 116 cm³/mol. The Labute approximate surface area is 170 Å². The third-order valence-electron chi connectivity index (χ3n) is 5.48. The van der Waals surface area contributed by atoms with Gasteiger partial charge in [0.15, 0.2) is 0 Å². The molecule has 1 aliphatic rings. The first-order valence-corrected chi connectivity index (χ1v) is 12.0. The van der Waals surface area contributed by atoms with E-state index in [4.69, 9.17) is 0 Å². The van der Waals surface area contributed by atoms with E-state index in [-0.39, 0.29) is 6.04 Å². The molecule has 0 fully saturated rings. The van der Waals surface area contributed by atoms with E-state index in [1.54, 1.807) is 6.07 Å². The van der Waals surface area contributed by atoms with E-state index in [1.807, 2.05) is 43.3 Å². The van der Waals surface area contributed by atoms with Gasteiger partial charge in [0.25, 0.3) is 10.0 Å². The Bertz CT molecular complexity index is 880. The van der Waals surface area contributed by atoms with Crippen LogP contribution in [0.1, 0.15) is 69.5 Å². The molecule has 1 heterocycles. The van der Waals surface area contributed by atoms with Crippen molar-refractivity contribution in [2.75, 3.05) is 17.4 Å². The second kappa shape index (κ2) is 9.57. The number of benzene rings is 2. The van der Waals surface area contributed by atoms with Crippen molar-refractivity contribution in [2.45, 2.75) is 63.3 Å². The van der Waals surface area contributed by atoms with Gasteiger partial charge in [-0.3, -0.25) is 4.31 Å². The average molecular weight is 401 g/mol. The van der Waals surface area contributed by atoms with E-state index in [0.29, 0.717) is 11.4 Å². The van der Waals surface area contributed by atoms with Crippen LogP contribution in [0.4, 0.5) is 5.69 Å². The van der Waals surface area contributed by atoms with Gasteiger partial charge in [0.1, 0.15) is 0 Å². The first kappa shape index (κ1) is 20.9. The van der Waals surface area contributed by atoms with E-state index >= 15 is 0 Å². The van der Waals surface area contributed by atoms with Gasteiger partial charge in [-0.2, -0.15) is 0 Å². The Morgan fingerprint density at radius 1 is 0.857 bits per heavy atom. The van der Waals surface area contributed by atoms with Crippen molar-refractivity contribution in [3.8, 4) is 0 Å². The molecule has 2 aromatic carbocycles. The molecule has 0 aliphatic carbocycles. The lowest BCUT2D eigenvalue weighted by Gasteiger charge is -2.24. The monoisotopic (exact) mass is 400 g/mol. The van der Waals surface area contributed by atoms with E-state index in [1.165, 1.54) is 36.4 Å². The summed E-state index contributed by atoms with van der Waals surface area (Å²) >= 11 is 0. The van der Waals surface area contributed by atoms with Gasteiger partial charge in [-0.05, 0) is 43.1 Å². The number of anilines is 1. The van der Waals surface area contributed by atoms with E-state index in [9.17, 15) is 8.42 Å². The van der Waals surface area contributed by atoms with Crippen LogP contribution in [0.5, 0.6) is 0 Å². The van der Waals surface area contributed by atoms with E-state index in [0.717, 1.165) is 29.8 Å². The van der Waals surface area contributed by atoms with Gasteiger partial charge in [-0.15, -0.1) is 0 Å². The number of nitrogens with one attached hydrogen (secondary N) is 1. The molecule has 0 amide bonds. The summed E-state index contributed by atoms with van der Waals surface area (Å²) in [5.41, 5.74) is 2.65. The number of hydrogen-bond acceptors (Lipinski definition) is 3. The predicted octanol–water partition coefficient (Wildman–Crippen LogP) is 5.25. The second-order valence-electron chi connectivity index (χ2n) is 7.42. The van der Waals surface area contributed by atoms with Crippen LogP contribution >= 0.6 is 0 Å². The highest BCUT2D eigenvalue weighted by atomic mass is 32.2. The van der Waals surface area contributed by atoms with Crippen LogP contribution in [0, 0.1) is 0 Å². The normalized spacial score (nSPS) is 17.6. The van der Waals surface area contributed by atoms with E-state index in [2.05, 4.69) is 18.3 Å². The lowest BCUT2D eigenvalue weighted by atomic mass is 9.96. The highest BCUT2D eigenvalue weighted by Gasteiger charge is 2.35. The molecule has 0 bridgehead atoms. The molecule has 1 N–H and O–H groups in total. The van der Waals surface area contributed by atoms with Crippen LogP contribution in [-0.2, 0) is 10.0 Å². The number of fused-ring (bicyclic) bond motifs is 2. The summed E-state index contributed by atoms with van der Waals surface area (Å²) in [6.45, 7) is 5.42. The molecule has 1 aliphatic heterocycles. The van der Waals surface area contributed by atoms with Crippen LogP contribution in [0.2, 0.25) is 0 Å². The Morgan fingerprint density at radius 3 is 2.25 bits per heavy atom. The Hall–Kier alpha value is -1.85. The highest BCUT2D eigenvalue weighted by Crippen LogP contribution is 2.40. The quantitative estimate of drug-likeness (QED) is 0.585. The van der Waals surface area contributed by atoms with Crippen molar-refractivity contribution in [3.05, 3.63) is 59.7 Å². The van der Waals surface area contributed by atoms with Gasteiger partial charge in [-0.1, -0.05) is 75.4 Å². The minimum Gasteiger partial charge on any atom is -0.306 e. The third-order valence-corrected chi connectivity index (χ3v) is 7.44. The zero-order valence-corrected chi connectivity index (χ0v) is 17.8. The minimum absolute atomic E-state index is 0.116. The lowest BCUT2D eigenvalue weighted by Crippen LogP contribution is -2.30. The fourth-order valence-corrected chi connectivity index (χ4v) is 5.78. The molecule has 152 valence electrons. The maximum absolute atomic E-state index is 13.3. The molecule has 5 heteroatoms. The number of rotatable bonds is 9. The van der Waals surface area contributed by atoms with Crippen molar-refractivity contribution >= 4 is 15.7 Å². The zero-order valence-electron chi connectivity index (χ0n) is 17.0. The average Bonchev–Trinajstić information content (AvgIpc) is 2.78. The molecular formula is C23H32N2O2S. The Kier molecular flexibility index (Phi) is 7.13. The number of nitrogens with zero attached hydrogens (tertiary/aromatic N) is 1. The molecule has 0 aromatic heterocycles. The molecule has 1 atom stereocenters. The highest BCUT2D eigenvalue weighted by molar-refractivity contribution is 7.93. The maximum Gasteiger partial charge on any atom is 0.264 e. The molecule has 28 heavy (non-hydrogen) atoms. The number of sulfonamides is 1. The van der Waals surface area contributed by atoms with Gasteiger partial charge >= 0.3 is 0 Å². The standard InChI is InChI=1S/C23H32N2O2S/c1-3-5-6-7-8-13-18-24-23-19-14-9-11-16-21(19)25(4-2)28(26,27)22-17-12-10-15-20(22)23/h9-12,14-17,23-24H,3-8,13,18H2,1-2H3. The van der Waals surface area contributed by atoms with Crippen molar-refractivity contribution in [2.24, 2.45) is 0 Å². The van der Waals surface area contributed by atoms with Gasteiger partial charge in [-0.25, -0.2) is 8.42 Å². The molecule has 2 aromatic rings. The summed E-state index contributed by atoms with van der Waals surface area (Å²) in [4.78, 5) is 0.411. The topological polar surface area (TPSA) is 49.4 Å². The van der Waals surface area contributed by atoms with Crippen molar-refractivity contribution in [3.63, 3.8) is 0 Å². The molecule has 3 rings (SSSR count). The maximum atomic E-state index is 13.3. The second-order valence-corrected chi connectivity index (χ2v) is 9.25. The molecular weight excluding hydrogens is 368 g/mol.